The Bertz CT molecular complexity index is 342. The van der Waals surface area contributed by atoms with E-state index >= 15 is 0 Å². The highest BCUT2D eigenvalue weighted by Gasteiger charge is 2.07. The average molecular weight is 211 g/mol. The molecule has 2 rings (SSSR count). The molecule has 1 aliphatic heterocycles. The Hall–Kier alpha value is -0.950. The number of halogens is 1. The van der Waals surface area contributed by atoms with Gasteiger partial charge in [0.25, 0.3) is 0 Å². The summed E-state index contributed by atoms with van der Waals surface area (Å²) in [6.45, 7) is 6.73. The van der Waals surface area contributed by atoms with E-state index in [1.54, 1.807) is 0 Å². The molecule has 0 unspecified atom stereocenters. The molecule has 76 valence electrons. The highest BCUT2D eigenvalue weighted by molar-refractivity contribution is 6.30. The van der Waals surface area contributed by atoms with Crippen LogP contribution in [0.1, 0.15) is 26.3 Å². The second-order valence-electron chi connectivity index (χ2n) is 2.96. The van der Waals surface area contributed by atoms with Crippen molar-refractivity contribution in [3.05, 3.63) is 34.4 Å². The Balaban J connectivity index is 0.000000461. The SMILES string of the molecule is CC.CC1=Cc2cc(Cl)ccc2OC1. The zero-order chi connectivity index (χ0) is 10.6. The van der Waals surface area contributed by atoms with E-state index in [0.717, 1.165) is 16.3 Å². The zero-order valence-electron chi connectivity index (χ0n) is 8.80. The second kappa shape index (κ2) is 5.06. The van der Waals surface area contributed by atoms with Gasteiger partial charge in [-0.25, -0.2) is 0 Å². The molecule has 0 N–H and O–H groups in total. The Kier molecular flexibility index (Phi) is 4.02. The normalized spacial score (nSPS) is 13.0. The number of rotatable bonds is 0. The van der Waals surface area contributed by atoms with Gasteiger partial charge in [-0.1, -0.05) is 25.4 Å². The molecule has 0 saturated carbocycles. The molecule has 0 aliphatic carbocycles. The summed E-state index contributed by atoms with van der Waals surface area (Å²) in [5.74, 6) is 0.921. The van der Waals surface area contributed by atoms with Crippen LogP contribution in [0.5, 0.6) is 5.75 Å². The Morgan fingerprint density at radius 2 is 2.00 bits per heavy atom. The van der Waals surface area contributed by atoms with Crippen LogP contribution in [0.15, 0.2) is 23.8 Å². The molecule has 0 aromatic heterocycles. The van der Waals surface area contributed by atoms with Crippen LogP contribution >= 0.6 is 11.6 Å². The first-order valence-corrected chi connectivity index (χ1v) is 5.23. The first-order chi connectivity index (χ1) is 6.75. The maximum Gasteiger partial charge on any atom is 0.127 e. The van der Waals surface area contributed by atoms with Crippen molar-refractivity contribution in [1.29, 1.82) is 0 Å². The number of hydrogen-bond donors (Lipinski definition) is 0. The Labute approximate surface area is 90.3 Å². The van der Waals surface area contributed by atoms with E-state index < -0.39 is 0 Å². The minimum absolute atomic E-state index is 0.689. The van der Waals surface area contributed by atoms with E-state index in [4.69, 9.17) is 16.3 Å². The summed E-state index contributed by atoms with van der Waals surface area (Å²) in [7, 11) is 0. The van der Waals surface area contributed by atoms with Gasteiger partial charge in [0.05, 0.1) is 0 Å². The van der Waals surface area contributed by atoms with Crippen LogP contribution < -0.4 is 4.74 Å². The molecule has 0 bridgehead atoms. The quantitative estimate of drug-likeness (QED) is 0.625. The minimum Gasteiger partial charge on any atom is -0.489 e. The lowest BCUT2D eigenvalue weighted by atomic mass is 10.1. The molecule has 0 fully saturated rings. The van der Waals surface area contributed by atoms with Gasteiger partial charge in [-0.05, 0) is 36.8 Å². The van der Waals surface area contributed by atoms with Crippen molar-refractivity contribution in [1.82, 2.24) is 0 Å². The molecule has 0 amide bonds. The summed E-state index contributed by atoms with van der Waals surface area (Å²) in [6, 6.07) is 5.66. The maximum absolute atomic E-state index is 5.84. The average Bonchev–Trinajstić information content (AvgIpc) is 2.20. The van der Waals surface area contributed by atoms with Gasteiger partial charge in [0.1, 0.15) is 12.4 Å². The molecule has 0 saturated heterocycles. The van der Waals surface area contributed by atoms with Crippen LogP contribution in [0.25, 0.3) is 6.08 Å². The predicted molar refractivity (Wildman–Crippen MR) is 61.9 cm³/mol. The van der Waals surface area contributed by atoms with Gasteiger partial charge in [-0.3, -0.25) is 0 Å². The van der Waals surface area contributed by atoms with E-state index in [1.165, 1.54) is 5.57 Å². The van der Waals surface area contributed by atoms with Crippen molar-refractivity contribution in [3.63, 3.8) is 0 Å². The zero-order valence-corrected chi connectivity index (χ0v) is 9.56. The summed E-state index contributed by atoms with van der Waals surface area (Å²) in [6.07, 6.45) is 2.10. The first-order valence-electron chi connectivity index (χ1n) is 4.85. The highest BCUT2D eigenvalue weighted by atomic mass is 35.5. The van der Waals surface area contributed by atoms with Crippen molar-refractivity contribution < 1.29 is 4.74 Å². The summed E-state index contributed by atoms with van der Waals surface area (Å²) in [4.78, 5) is 0. The molecule has 0 spiro atoms. The van der Waals surface area contributed by atoms with Gasteiger partial charge in [-0.2, -0.15) is 0 Å². The van der Waals surface area contributed by atoms with Gasteiger partial charge in [0.2, 0.25) is 0 Å². The fraction of sp³-hybridized carbons (Fsp3) is 0.333. The molecular formula is C12H15ClO. The number of benzene rings is 1. The molecule has 0 radical (unpaired) electrons. The Morgan fingerprint density at radius 1 is 1.29 bits per heavy atom. The lowest BCUT2D eigenvalue weighted by Gasteiger charge is -2.15. The molecule has 14 heavy (non-hydrogen) atoms. The third-order valence-corrected chi connectivity index (χ3v) is 2.06. The van der Waals surface area contributed by atoms with E-state index in [1.807, 2.05) is 39.0 Å². The fourth-order valence-electron chi connectivity index (χ4n) is 1.26. The van der Waals surface area contributed by atoms with Crippen molar-refractivity contribution in [2.75, 3.05) is 6.61 Å². The van der Waals surface area contributed by atoms with Gasteiger partial charge in [-0.15, -0.1) is 0 Å². The molecule has 1 heterocycles. The van der Waals surface area contributed by atoms with E-state index in [0.29, 0.717) is 6.61 Å². The van der Waals surface area contributed by atoms with Crippen LogP contribution in [0, 0.1) is 0 Å². The lowest BCUT2D eigenvalue weighted by molar-refractivity contribution is 0.347. The van der Waals surface area contributed by atoms with E-state index in [2.05, 4.69) is 6.08 Å². The Morgan fingerprint density at radius 3 is 2.71 bits per heavy atom. The summed E-state index contributed by atoms with van der Waals surface area (Å²) < 4.78 is 5.46. The van der Waals surface area contributed by atoms with Gasteiger partial charge >= 0.3 is 0 Å². The molecule has 1 nitrogen and oxygen atoms in total. The molecule has 1 aliphatic rings. The largest absolute Gasteiger partial charge is 0.489 e. The number of fused-ring (bicyclic) bond motifs is 1. The van der Waals surface area contributed by atoms with E-state index in [-0.39, 0.29) is 0 Å². The van der Waals surface area contributed by atoms with Crippen molar-refractivity contribution >= 4 is 17.7 Å². The monoisotopic (exact) mass is 210 g/mol. The molecule has 1 aromatic rings. The van der Waals surface area contributed by atoms with Crippen LogP contribution in [0.4, 0.5) is 0 Å². The summed E-state index contributed by atoms with van der Waals surface area (Å²) >= 11 is 5.84. The topological polar surface area (TPSA) is 9.23 Å². The number of hydrogen-bond acceptors (Lipinski definition) is 1. The van der Waals surface area contributed by atoms with Crippen LogP contribution in [0.2, 0.25) is 5.02 Å². The van der Waals surface area contributed by atoms with Crippen molar-refractivity contribution in [2.24, 2.45) is 0 Å². The minimum atomic E-state index is 0.689. The molecular weight excluding hydrogens is 196 g/mol. The van der Waals surface area contributed by atoms with Gasteiger partial charge in [0, 0.05) is 10.6 Å². The number of ether oxygens (including phenoxy) is 1. The van der Waals surface area contributed by atoms with Crippen LogP contribution in [-0.2, 0) is 0 Å². The third kappa shape index (κ3) is 2.52. The molecule has 0 atom stereocenters. The van der Waals surface area contributed by atoms with Crippen molar-refractivity contribution in [3.8, 4) is 5.75 Å². The van der Waals surface area contributed by atoms with Crippen LogP contribution in [0.3, 0.4) is 0 Å². The fourth-order valence-corrected chi connectivity index (χ4v) is 1.44. The molecule has 1 aromatic carbocycles. The predicted octanol–water partition coefficient (Wildman–Crippen LogP) is 4.16. The third-order valence-electron chi connectivity index (χ3n) is 1.83. The lowest BCUT2D eigenvalue weighted by Crippen LogP contribution is -2.04. The second-order valence-corrected chi connectivity index (χ2v) is 3.40. The standard InChI is InChI=1S/C10H9ClO.C2H6/c1-7-4-8-5-9(11)2-3-10(8)12-6-7;1-2/h2-5H,6H2,1H3;1-2H3. The highest BCUT2D eigenvalue weighted by Crippen LogP contribution is 2.28. The van der Waals surface area contributed by atoms with Crippen LogP contribution in [-0.4, -0.2) is 6.61 Å². The summed E-state index contributed by atoms with van der Waals surface area (Å²) in [5.41, 5.74) is 2.30. The van der Waals surface area contributed by atoms with E-state index in [9.17, 15) is 0 Å². The first kappa shape index (κ1) is 11.1. The van der Waals surface area contributed by atoms with Crippen molar-refractivity contribution in [2.45, 2.75) is 20.8 Å². The summed E-state index contributed by atoms with van der Waals surface area (Å²) in [5, 5.41) is 0.753. The van der Waals surface area contributed by atoms with Gasteiger partial charge < -0.3 is 4.74 Å². The smallest absolute Gasteiger partial charge is 0.127 e. The maximum atomic E-state index is 5.84. The molecule has 2 heteroatoms. The van der Waals surface area contributed by atoms with Gasteiger partial charge in [0.15, 0.2) is 0 Å².